The number of pyridine rings is 1. The number of aliphatic imine (C=N–C) groups is 1. The molecule has 2 N–H and O–H groups in total. The second kappa shape index (κ2) is 10.4. The van der Waals surface area contributed by atoms with Crippen LogP contribution in [0.15, 0.2) is 40.1 Å². The summed E-state index contributed by atoms with van der Waals surface area (Å²) >= 11 is 1.68. The maximum absolute atomic E-state index is 5.25. The molecule has 120 valence electrons. The van der Waals surface area contributed by atoms with Gasteiger partial charge in [-0.2, -0.15) is 11.3 Å². The number of halogens is 1. The van der Waals surface area contributed by atoms with Crippen molar-refractivity contribution < 1.29 is 4.74 Å². The minimum absolute atomic E-state index is 0. The van der Waals surface area contributed by atoms with Crippen LogP contribution in [-0.4, -0.2) is 24.6 Å². The maximum atomic E-state index is 5.25. The highest BCUT2D eigenvalue weighted by molar-refractivity contribution is 14.0. The van der Waals surface area contributed by atoms with Gasteiger partial charge < -0.3 is 15.4 Å². The van der Waals surface area contributed by atoms with E-state index in [2.05, 4.69) is 37.4 Å². The molecular weight excluding hydrogens is 411 g/mol. The molecule has 0 aliphatic carbocycles. The van der Waals surface area contributed by atoms with Crippen molar-refractivity contribution in [2.75, 3.05) is 13.7 Å². The third kappa shape index (κ3) is 5.80. The molecular formula is C15H21IN4OS. The van der Waals surface area contributed by atoms with Crippen molar-refractivity contribution in [3.05, 3.63) is 46.3 Å². The second-order valence-electron chi connectivity index (χ2n) is 4.35. The Hall–Kier alpha value is -1.35. The Morgan fingerprint density at radius 3 is 2.91 bits per heavy atom. The summed E-state index contributed by atoms with van der Waals surface area (Å²) < 4.78 is 5.25. The van der Waals surface area contributed by atoms with E-state index in [1.54, 1.807) is 24.6 Å². The predicted octanol–water partition coefficient (Wildman–Crippen LogP) is 3.03. The van der Waals surface area contributed by atoms with Crippen LogP contribution in [0.3, 0.4) is 0 Å². The van der Waals surface area contributed by atoms with Crippen LogP contribution in [0, 0.1) is 0 Å². The van der Waals surface area contributed by atoms with Crippen LogP contribution in [0.1, 0.15) is 18.1 Å². The molecule has 2 heterocycles. The third-order valence-corrected chi connectivity index (χ3v) is 3.57. The SMILES string of the molecule is CCNC(=NCc1ccsc1)NCc1cccnc1OC.I. The van der Waals surface area contributed by atoms with Crippen molar-refractivity contribution in [1.82, 2.24) is 15.6 Å². The monoisotopic (exact) mass is 432 g/mol. The van der Waals surface area contributed by atoms with E-state index in [0.29, 0.717) is 19.0 Å². The molecule has 0 aliphatic heterocycles. The minimum Gasteiger partial charge on any atom is -0.481 e. The fourth-order valence-corrected chi connectivity index (χ4v) is 2.48. The van der Waals surface area contributed by atoms with E-state index < -0.39 is 0 Å². The Balaban J connectivity index is 0.00000242. The van der Waals surface area contributed by atoms with Crippen LogP contribution in [0.2, 0.25) is 0 Å². The van der Waals surface area contributed by atoms with Crippen molar-refractivity contribution in [2.24, 2.45) is 4.99 Å². The van der Waals surface area contributed by atoms with Crippen LogP contribution >= 0.6 is 35.3 Å². The summed E-state index contributed by atoms with van der Waals surface area (Å²) in [6, 6.07) is 5.97. The zero-order valence-electron chi connectivity index (χ0n) is 12.7. The zero-order chi connectivity index (χ0) is 14.9. The number of hydrogen-bond acceptors (Lipinski definition) is 4. The molecule has 0 radical (unpaired) electrons. The molecule has 2 rings (SSSR count). The number of nitrogens with one attached hydrogen (secondary N) is 2. The molecule has 0 aliphatic rings. The molecule has 2 aromatic heterocycles. The zero-order valence-corrected chi connectivity index (χ0v) is 15.9. The maximum Gasteiger partial charge on any atom is 0.218 e. The Morgan fingerprint density at radius 2 is 2.23 bits per heavy atom. The standard InChI is InChI=1S/C15H20N4OS.HI/c1-3-16-15(18-9-12-6-8-21-11-12)19-10-13-5-4-7-17-14(13)20-2;/h4-8,11H,3,9-10H2,1-2H3,(H2,16,18,19);1H. The summed E-state index contributed by atoms with van der Waals surface area (Å²) in [5, 5.41) is 10.7. The van der Waals surface area contributed by atoms with Crippen LogP contribution in [0.25, 0.3) is 0 Å². The van der Waals surface area contributed by atoms with Crippen LogP contribution in [0.4, 0.5) is 0 Å². The summed E-state index contributed by atoms with van der Waals surface area (Å²) in [4.78, 5) is 8.75. The van der Waals surface area contributed by atoms with Crippen molar-refractivity contribution in [1.29, 1.82) is 0 Å². The van der Waals surface area contributed by atoms with E-state index in [0.717, 1.165) is 18.1 Å². The molecule has 22 heavy (non-hydrogen) atoms. The minimum atomic E-state index is 0. The van der Waals surface area contributed by atoms with Gasteiger partial charge in [0.2, 0.25) is 5.88 Å². The van der Waals surface area contributed by atoms with Crippen molar-refractivity contribution >= 4 is 41.3 Å². The number of methoxy groups -OCH3 is 1. The summed E-state index contributed by atoms with van der Waals surface area (Å²) in [6.45, 7) is 4.15. The van der Waals surface area contributed by atoms with Gasteiger partial charge in [-0.15, -0.1) is 24.0 Å². The predicted molar refractivity (Wildman–Crippen MR) is 102 cm³/mol. The molecule has 0 aromatic carbocycles. The Labute approximate surface area is 152 Å². The molecule has 0 spiro atoms. The van der Waals surface area contributed by atoms with Gasteiger partial charge >= 0.3 is 0 Å². The largest absolute Gasteiger partial charge is 0.481 e. The van der Waals surface area contributed by atoms with Gasteiger partial charge in [0.05, 0.1) is 13.7 Å². The van der Waals surface area contributed by atoms with Gasteiger partial charge in [0.1, 0.15) is 0 Å². The topological polar surface area (TPSA) is 58.5 Å². The van der Waals surface area contributed by atoms with Gasteiger partial charge in [0.25, 0.3) is 0 Å². The van der Waals surface area contributed by atoms with E-state index in [1.807, 2.05) is 19.1 Å². The van der Waals surface area contributed by atoms with Gasteiger partial charge in [-0.1, -0.05) is 6.07 Å². The van der Waals surface area contributed by atoms with Crippen LogP contribution in [-0.2, 0) is 13.1 Å². The molecule has 0 unspecified atom stereocenters. The summed E-state index contributed by atoms with van der Waals surface area (Å²) in [5.41, 5.74) is 2.22. The van der Waals surface area contributed by atoms with E-state index in [4.69, 9.17) is 4.74 Å². The molecule has 5 nitrogen and oxygen atoms in total. The Bertz CT molecular complexity index is 575. The average molecular weight is 432 g/mol. The van der Waals surface area contributed by atoms with Crippen LogP contribution in [0.5, 0.6) is 5.88 Å². The Morgan fingerprint density at radius 1 is 1.36 bits per heavy atom. The van der Waals surface area contributed by atoms with E-state index in [9.17, 15) is 0 Å². The fraction of sp³-hybridized carbons (Fsp3) is 0.333. The highest BCUT2D eigenvalue weighted by atomic mass is 127. The van der Waals surface area contributed by atoms with Gasteiger partial charge in [-0.05, 0) is 35.4 Å². The summed E-state index contributed by atoms with van der Waals surface area (Å²) in [5.74, 6) is 1.42. The lowest BCUT2D eigenvalue weighted by Crippen LogP contribution is -2.36. The van der Waals surface area contributed by atoms with Gasteiger partial charge in [0.15, 0.2) is 5.96 Å². The van der Waals surface area contributed by atoms with Gasteiger partial charge in [-0.25, -0.2) is 9.98 Å². The molecule has 0 atom stereocenters. The first-order chi connectivity index (χ1) is 10.3. The summed E-state index contributed by atoms with van der Waals surface area (Å²) in [7, 11) is 1.63. The van der Waals surface area contributed by atoms with E-state index >= 15 is 0 Å². The molecule has 0 saturated heterocycles. The highest BCUT2D eigenvalue weighted by Gasteiger charge is 2.04. The first kappa shape index (κ1) is 18.7. The average Bonchev–Trinajstić information content (AvgIpc) is 3.03. The second-order valence-corrected chi connectivity index (χ2v) is 5.13. The molecule has 0 saturated carbocycles. The lowest BCUT2D eigenvalue weighted by atomic mass is 10.2. The number of thiophene rings is 1. The van der Waals surface area contributed by atoms with Crippen molar-refractivity contribution in [3.63, 3.8) is 0 Å². The van der Waals surface area contributed by atoms with Gasteiger partial charge in [0, 0.05) is 24.8 Å². The van der Waals surface area contributed by atoms with Crippen LogP contribution < -0.4 is 15.4 Å². The number of rotatable bonds is 6. The number of nitrogens with zero attached hydrogens (tertiary/aromatic N) is 2. The lowest BCUT2D eigenvalue weighted by Gasteiger charge is -2.12. The van der Waals surface area contributed by atoms with Crippen molar-refractivity contribution in [2.45, 2.75) is 20.0 Å². The first-order valence-corrected chi connectivity index (χ1v) is 7.79. The van der Waals surface area contributed by atoms with E-state index in [-0.39, 0.29) is 24.0 Å². The highest BCUT2D eigenvalue weighted by Crippen LogP contribution is 2.12. The van der Waals surface area contributed by atoms with Gasteiger partial charge in [-0.3, -0.25) is 0 Å². The quantitative estimate of drug-likeness (QED) is 0.419. The molecule has 0 amide bonds. The normalized spacial score (nSPS) is 10.7. The third-order valence-electron chi connectivity index (χ3n) is 2.83. The fourth-order valence-electron chi connectivity index (χ4n) is 1.82. The molecule has 7 heteroatoms. The molecule has 0 bridgehead atoms. The number of aromatic nitrogens is 1. The number of ether oxygens (including phenoxy) is 1. The van der Waals surface area contributed by atoms with E-state index in [1.165, 1.54) is 5.56 Å². The number of hydrogen-bond donors (Lipinski definition) is 2. The van der Waals surface area contributed by atoms with Crippen molar-refractivity contribution in [3.8, 4) is 5.88 Å². The smallest absolute Gasteiger partial charge is 0.218 e. The first-order valence-electron chi connectivity index (χ1n) is 6.84. The number of guanidine groups is 1. The Kier molecular flexibility index (Phi) is 8.83. The summed E-state index contributed by atoms with van der Waals surface area (Å²) in [6.07, 6.45) is 1.72. The molecule has 0 fully saturated rings. The lowest BCUT2D eigenvalue weighted by molar-refractivity contribution is 0.392. The molecule has 2 aromatic rings.